The minimum atomic E-state index is -0.154. The van der Waals surface area contributed by atoms with E-state index in [1.165, 1.54) is 22.5 Å². The Bertz CT molecular complexity index is 1130. The molecule has 1 atom stereocenters. The van der Waals surface area contributed by atoms with Crippen molar-refractivity contribution in [2.75, 3.05) is 5.75 Å². The third kappa shape index (κ3) is 3.11. The maximum Gasteiger partial charge on any atom is 0.307 e. The van der Waals surface area contributed by atoms with Crippen LogP contribution >= 0.6 is 23.4 Å². The number of rotatable bonds is 2. The average Bonchev–Trinajstić information content (AvgIpc) is 3.34. The van der Waals surface area contributed by atoms with Gasteiger partial charge in [-0.15, -0.1) is 0 Å². The zero-order valence-corrected chi connectivity index (χ0v) is 16.5. The normalized spacial score (nSPS) is 19.2. The number of carbonyl (C=O) groups excluding carboxylic acids is 1. The monoisotopic (exact) mass is 405 g/mol. The number of nitrogens with zero attached hydrogens (tertiary/aromatic N) is 3. The molecule has 1 unspecified atom stereocenters. The first kappa shape index (κ1) is 17.5. The number of hydrazone groups is 1. The number of hydrogen-bond acceptors (Lipinski definition) is 4. The quantitative estimate of drug-likeness (QED) is 0.532. The second-order valence-electron chi connectivity index (χ2n) is 6.77. The molecule has 6 heteroatoms. The smallest absolute Gasteiger partial charge is 0.259 e. The Morgan fingerprint density at radius 1 is 1.00 bits per heavy atom. The summed E-state index contributed by atoms with van der Waals surface area (Å²) in [6.45, 7) is 0. The zero-order valence-electron chi connectivity index (χ0n) is 14.9. The summed E-state index contributed by atoms with van der Waals surface area (Å²) in [4.78, 5) is 15.9. The number of thioether (sulfide) groups is 1. The van der Waals surface area contributed by atoms with Gasteiger partial charge in [-0.05, 0) is 28.5 Å². The molecule has 0 aromatic heterocycles. The molecule has 2 heterocycles. The fraction of sp³-hybridized carbons (Fsp3) is 0.136. The van der Waals surface area contributed by atoms with Crippen LogP contribution in [-0.2, 0) is 0 Å². The van der Waals surface area contributed by atoms with Gasteiger partial charge in [0.25, 0.3) is 0 Å². The molecular formula is C22H16ClN3OS. The van der Waals surface area contributed by atoms with Crippen molar-refractivity contribution in [3.8, 4) is 0 Å². The van der Waals surface area contributed by atoms with Crippen molar-refractivity contribution in [3.63, 3.8) is 0 Å². The Morgan fingerprint density at radius 3 is 2.57 bits per heavy atom. The lowest BCUT2D eigenvalue weighted by Gasteiger charge is -2.23. The first-order valence-corrected chi connectivity index (χ1v) is 10.4. The van der Waals surface area contributed by atoms with Crippen molar-refractivity contribution in [2.45, 2.75) is 12.5 Å². The molecule has 0 bridgehead atoms. The number of aliphatic imine (C=N–C) groups is 1. The summed E-state index contributed by atoms with van der Waals surface area (Å²) in [6, 6.07) is 22.4. The van der Waals surface area contributed by atoms with Gasteiger partial charge < -0.3 is 0 Å². The highest BCUT2D eigenvalue weighted by molar-refractivity contribution is 8.14. The molecule has 3 aromatic carbocycles. The lowest BCUT2D eigenvalue weighted by molar-refractivity contribution is 0.267. The average molecular weight is 406 g/mol. The molecule has 0 saturated heterocycles. The van der Waals surface area contributed by atoms with Gasteiger partial charge >= 0.3 is 5.24 Å². The van der Waals surface area contributed by atoms with Gasteiger partial charge in [0.1, 0.15) is 5.84 Å². The van der Waals surface area contributed by atoms with Crippen molar-refractivity contribution >= 4 is 50.9 Å². The maximum atomic E-state index is 11.7. The zero-order chi connectivity index (χ0) is 19.1. The van der Waals surface area contributed by atoms with E-state index < -0.39 is 0 Å². The molecule has 2 aliphatic rings. The topological polar surface area (TPSA) is 45.0 Å². The standard InChI is InChI=1S/C22H16ClN3OS/c23-16-10-8-15(9-11-16)20-12-19(25-26(20)21-13-28-22(27)24-21)18-7-3-5-14-4-1-2-6-17(14)18/h1-11,20H,12-13H2. The van der Waals surface area contributed by atoms with Gasteiger partial charge in [0.05, 0.1) is 17.5 Å². The Morgan fingerprint density at radius 2 is 1.79 bits per heavy atom. The molecule has 138 valence electrons. The van der Waals surface area contributed by atoms with Crippen LogP contribution in [0.15, 0.2) is 76.8 Å². The molecule has 0 spiro atoms. The van der Waals surface area contributed by atoms with Gasteiger partial charge in [-0.1, -0.05) is 78.0 Å². The molecule has 0 aliphatic carbocycles. The third-order valence-electron chi connectivity index (χ3n) is 5.08. The number of benzene rings is 3. The number of halogens is 1. The van der Waals surface area contributed by atoms with Crippen molar-refractivity contribution in [1.82, 2.24) is 5.01 Å². The van der Waals surface area contributed by atoms with Crippen LogP contribution in [0, 0.1) is 0 Å². The molecule has 0 radical (unpaired) electrons. The molecule has 0 saturated carbocycles. The molecule has 2 aliphatic heterocycles. The molecule has 3 aromatic rings. The lowest BCUT2D eigenvalue weighted by atomic mass is 9.95. The molecule has 28 heavy (non-hydrogen) atoms. The predicted octanol–water partition coefficient (Wildman–Crippen LogP) is 5.91. The summed E-state index contributed by atoms with van der Waals surface area (Å²) in [5, 5.41) is 9.76. The van der Waals surface area contributed by atoms with Gasteiger partial charge in [0.15, 0.2) is 0 Å². The van der Waals surface area contributed by atoms with E-state index in [1.54, 1.807) is 0 Å². The van der Waals surface area contributed by atoms with Crippen LogP contribution in [0.2, 0.25) is 5.02 Å². The molecule has 0 N–H and O–H groups in total. The van der Waals surface area contributed by atoms with E-state index in [2.05, 4.69) is 35.3 Å². The van der Waals surface area contributed by atoms with Gasteiger partial charge in [-0.2, -0.15) is 10.1 Å². The molecule has 5 rings (SSSR count). The summed E-state index contributed by atoms with van der Waals surface area (Å²) < 4.78 is 0. The second-order valence-corrected chi connectivity index (χ2v) is 8.14. The Hall–Kier alpha value is -2.63. The molecule has 0 fully saturated rings. The van der Waals surface area contributed by atoms with Crippen LogP contribution in [0.3, 0.4) is 0 Å². The molecule has 1 amide bonds. The summed E-state index contributed by atoms with van der Waals surface area (Å²) in [5.41, 5.74) is 3.23. The third-order valence-corrected chi connectivity index (χ3v) is 6.07. The SMILES string of the molecule is O=C1N=C(N2N=C(c3cccc4ccccc34)CC2c2ccc(Cl)cc2)CS1. The number of amides is 1. The number of carbonyl (C=O) groups is 1. The number of amidine groups is 1. The van der Waals surface area contributed by atoms with Crippen LogP contribution in [0.4, 0.5) is 4.79 Å². The molecular weight excluding hydrogens is 390 g/mol. The number of fused-ring (bicyclic) bond motifs is 1. The minimum absolute atomic E-state index is 0.00325. The van der Waals surface area contributed by atoms with Crippen molar-refractivity contribution < 1.29 is 4.79 Å². The minimum Gasteiger partial charge on any atom is -0.259 e. The van der Waals surface area contributed by atoms with Crippen LogP contribution in [0.5, 0.6) is 0 Å². The highest BCUT2D eigenvalue weighted by atomic mass is 35.5. The first-order chi connectivity index (χ1) is 13.7. The summed E-state index contributed by atoms with van der Waals surface area (Å²) in [7, 11) is 0. The predicted molar refractivity (Wildman–Crippen MR) is 116 cm³/mol. The Labute approximate surface area is 171 Å². The largest absolute Gasteiger partial charge is 0.307 e. The van der Waals surface area contributed by atoms with Gasteiger partial charge in [0, 0.05) is 17.0 Å². The van der Waals surface area contributed by atoms with E-state index in [1.807, 2.05) is 41.4 Å². The summed E-state index contributed by atoms with van der Waals surface area (Å²) >= 11 is 7.29. The van der Waals surface area contributed by atoms with Crippen LogP contribution in [-0.4, -0.2) is 27.5 Å². The van der Waals surface area contributed by atoms with Gasteiger partial charge in [-0.25, -0.2) is 5.01 Å². The highest BCUT2D eigenvalue weighted by Crippen LogP contribution is 2.36. The molecule has 4 nitrogen and oxygen atoms in total. The van der Waals surface area contributed by atoms with E-state index in [-0.39, 0.29) is 11.3 Å². The van der Waals surface area contributed by atoms with Crippen LogP contribution < -0.4 is 0 Å². The summed E-state index contributed by atoms with van der Waals surface area (Å²) in [6.07, 6.45) is 0.744. The van der Waals surface area contributed by atoms with E-state index in [0.29, 0.717) is 16.6 Å². The van der Waals surface area contributed by atoms with Gasteiger partial charge in [-0.3, -0.25) is 4.79 Å². The Kier molecular flexibility index (Phi) is 4.41. The van der Waals surface area contributed by atoms with Crippen molar-refractivity contribution in [2.24, 2.45) is 10.1 Å². The second kappa shape index (κ2) is 7.08. The number of hydrogen-bond donors (Lipinski definition) is 0. The van der Waals surface area contributed by atoms with E-state index in [0.717, 1.165) is 23.3 Å². The van der Waals surface area contributed by atoms with Crippen LogP contribution in [0.25, 0.3) is 10.8 Å². The van der Waals surface area contributed by atoms with E-state index in [4.69, 9.17) is 16.7 Å². The highest BCUT2D eigenvalue weighted by Gasteiger charge is 2.34. The van der Waals surface area contributed by atoms with E-state index >= 15 is 0 Å². The summed E-state index contributed by atoms with van der Waals surface area (Å²) in [5.74, 6) is 1.26. The Balaban J connectivity index is 1.60. The first-order valence-electron chi connectivity index (χ1n) is 9.04. The fourth-order valence-electron chi connectivity index (χ4n) is 3.75. The van der Waals surface area contributed by atoms with Crippen LogP contribution in [0.1, 0.15) is 23.6 Å². The lowest BCUT2D eigenvalue weighted by Crippen LogP contribution is -2.27. The van der Waals surface area contributed by atoms with Crippen molar-refractivity contribution in [1.29, 1.82) is 0 Å². The van der Waals surface area contributed by atoms with E-state index in [9.17, 15) is 4.79 Å². The van der Waals surface area contributed by atoms with Crippen molar-refractivity contribution in [3.05, 3.63) is 82.9 Å². The maximum absolute atomic E-state index is 11.7. The fourth-order valence-corrected chi connectivity index (χ4v) is 4.49. The van der Waals surface area contributed by atoms with Gasteiger partial charge in [0.2, 0.25) is 0 Å².